The predicted molar refractivity (Wildman–Crippen MR) is 70.7 cm³/mol. The van der Waals surface area contributed by atoms with Crippen LogP contribution in [0.5, 0.6) is 0 Å². The van der Waals surface area contributed by atoms with Crippen molar-refractivity contribution in [1.29, 1.82) is 0 Å². The molecule has 0 saturated carbocycles. The first-order valence-electron chi connectivity index (χ1n) is 5.92. The first-order valence-corrected chi connectivity index (χ1v) is 6.33. The average molecular weight is 286 g/mol. The Hall–Kier alpha value is -1.23. The quantitative estimate of drug-likeness (QED) is 0.598. The summed E-state index contributed by atoms with van der Waals surface area (Å²) >= 11 is 4.42. The van der Waals surface area contributed by atoms with Gasteiger partial charge in [0.25, 0.3) is 0 Å². The molecule has 1 fully saturated rings. The minimum Gasteiger partial charge on any atom is -0.299 e. The predicted octanol–water partition coefficient (Wildman–Crippen LogP) is 4.21. The lowest BCUT2D eigenvalue weighted by atomic mass is 9.97. The minimum absolute atomic E-state index is 0.179. The third-order valence-electron chi connectivity index (χ3n) is 3.40. The Bertz CT molecular complexity index is 521. The first kappa shape index (κ1) is 14.2. The number of halogens is 3. The van der Waals surface area contributed by atoms with E-state index in [1.54, 1.807) is 6.07 Å². The van der Waals surface area contributed by atoms with Crippen molar-refractivity contribution in [3.63, 3.8) is 0 Å². The fourth-order valence-corrected chi connectivity index (χ4v) is 2.61. The highest BCUT2D eigenvalue weighted by Crippen LogP contribution is 2.41. The summed E-state index contributed by atoms with van der Waals surface area (Å²) in [5.41, 5.74) is -0.125. The molecule has 6 heteroatoms. The zero-order valence-corrected chi connectivity index (χ0v) is 11.2. The zero-order chi connectivity index (χ0) is 14.0. The van der Waals surface area contributed by atoms with Crippen LogP contribution in [0.25, 0.3) is 0 Å². The Kier molecular flexibility index (Phi) is 4.04. The van der Waals surface area contributed by atoms with Gasteiger partial charge in [0.1, 0.15) is 0 Å². The second-order valence-electron chi connectivity index (χ2n) is 4.61. The van der Waals surface area contributed by atoms with Gasteiger partial charge in [-0.25, -0.2) is 0 Å². The number of hydrogen-bond acceptors (Lipinski definition) is 3. The number of alkyl halides is 3. The molecular weight excluding hydrogens is 273 g/mol. The number of likely N-dealkylation sites (tertiary alicyclic amines) is 1. The van der Waals surface area contributed by atoms with E-state index in [1.165, 1.54) is 6.07 Å². The molecule has 19 heavy (non-hydrogen) atoms. The SMILES string of the molecule is CN1CCCC1c1ccc(N=C=S)cc1C(F)(F)F. The third-order valence-corrected chi connectivity index (χ3v) is 3.49. The van der Waals surface area contributed by atoms with E-state index in [4.69, 9.17) is 0 Å². The van der Waals surface area contributed by atoms with Crippen molar-refractivity contribution in [2.45, 2.75) is 25.1 Å². The van der Waals surface area contributed by atoms with Crippen molar-refractivity contribution in [3.05, 3.63) is 29.3 Å². The van der Waals surface area contributed by atoms with Crippen LogP contribution in [-0.4, -0.2) is 23.7 Å². The van der Waals surface area contributed by atoms with Gasteiger partial charge in [0.2, 0.25) is 0 Å². The van der Waals surface area contributed by atoms with Crippen LogP contribution in [0.15, 0.2) is 23.2 Å². The number of nitrogens with zero attached hydrogens (tertiary/aromatic N) is 2. The molecule has 1 heterocycles. The van der Waals surface area contributed by atoms with Crippen molar-refractivity contribution in [2.75, 3.05) is 13.6 Å². The maximum atomic E-state index is 13.1. The fourth-order valence-electron chi connectivity index (χ4n) is 2.51. The summed E-state index contributed by atoms with van der Waals surface area (Å²) in [6, 6.07) is 3.92. The Morgan fingerprint density at radius 3 is 2.68 bits per heavy atom. The summed E-state index contributed by atoms with van der Waals surface area (Å²) in [7, 11) is 1.85. The van der Waals surface area contributed by atoms with E-state index in [0.717, 1.165) is 25.5 Å². The number of isothiocyanates is 1. The largest absolute Gasteiger partial charge is 0.416 e. The lowest BCUT2D eigenvalue weighted by Crippen LogP contribution is -2.21. The first-order chi connectivity index (χ1) is 8.93. The van der Waals surface area contributed by atoms with Gasteiger partial charge in [-0.1, -0.05) is 6.07 Å². The van der Waals surface area contributed by atoms with E-state index >= 15 is 0 Å². The molecular formula is C13H13F3N2S. The third kappa shape index (κ3) is 3.03. The topological polar surface area (TPSA) is 15.6 Å². The molecule has 0 amide bonds. The minimum atomic E-state index is -4.38. The molecule has 0 aromatic heterocycles. The molecule has 1 aromatic rings. The number of benzene rings is 1. The molecule has 2 nitrogen and oxygen atoms in total. The van der Waals surface area contributed by atoms with Crippen molar-refractivity contribution in [3.8, 4) is 0 Å². The second kappa shape index (κ2) is 5.41. The van der Waals surface area contributed by atoms with Crippen LogP contribution in [0.2, 0.25) is 0 Å². The summed E-state index contributed by atoms with van der Waals surface area (Å²) in [5.74, 6) is 0. The molecule has 1 aliphatic heterocycles. The monoisotopic (exact) mass is 286 g/mol. The van der Waals surface area contributed by atoms with E-state index in [0.29, 0.717) is 5.56 Å². The summed E-state index contributed by atoms with van der Waals surface area (Å²) in [6.07, 6.45) is -2.72. The molecule has 1 saturated heterocycles. The van der Waals surface area contributed by atoms with Crippen LogP contribution in [0.1, 0.15) is 30.0 Å². The Morgan fingerprint density at radius 1 is 1.42 bits per heavy atom. The standard InChI is InChI=1S/C13H13F3N2S/c1-18-6-2-3-12(18)10-5-4-9(17-8-19)7-11(10)13(14,15)16/h4-5,7,12H,2-3,6H2,1H3. The molecule has 1 aromatic carbocycles. The smallest absolute Gasteiger partial charge is 0.299 e. The Balaban J connectivity index is 2.50. The molecule has 1 aliphatic rings. The molecule has 2 rings (SSSR count). The number of rotatable bonds is 2. The Morgan fingerprint density at radius 2 is 2.16 bits per heavy atom. The van der Waals surface area contributed by atoms with Gasteiger partial charge in [-0.15, -0.1) is 0 Å². The Labute approximate surface area is 114 Å². The molecule has 1 unspecified atom stereocenters. The summed E-state index contributed by atoms with van der Waals surface area (Å²) < 4.78 is 39.4. The van der Waals surface area contributed by atoms with Crippen molar-refractivity contribution < 1.29 is 13.2 Å². The number of hydrogen-bond donors (Lipinski definition) is 0. The second-order valence-corrected chi connectivity index (χ2v) is 4.79. The molecule has 102 valence electrons. The lowest BCUT2D eigenvalue weighted by molar-refractivity contribution is -0.138. The maximum Gasteiger partial charge on any atom is 0.416 e. The summed E-state index contributed by atoms with van der Waals surface area (Å²) in [6.45, 7) is 0.821. The molecule has 1 atom stereocenters. The highest BCUT2D eigenvalue weighted by atomic mass is 32.1. The lowest BCUT2D eigenvalue weighted by Gasteiger charge is -2.23. The molecule has 0 N–H and O–H groups in total. The van der Waals surface area contributed by atoms with Gasteiger partial charge >= 0.3 is 6.18 Å². The zero-order valence-electron chi connectivity index (χ0n) is 10.4. The molecule has 0 radical (unpaired) electrons. The van der Waals surface area contributed by atoms with E-state index in [9.17, 15) is 13.2 Å². The average Bonchev–Trinajstić information content (AvgIpc) is 2.75. The van der Waals surface area contributed by atoms with Crippen molar-refractivity contribution >= 4 is 23.1 Å². The number of thiocarbonyl (C=S) groups is 1. The normalized spacial score (nSPS) is 20.3. The van der Waals surface area contributed by atoms with Crippen LogP contribution in [0.4, 0.5) is 18.9 Å². The van der Waals surface area contributed by atoms with Gasteiger partial charge in [0.15, 0.2) is 0 Å². The van der Waals surface area contributed by atoms with Crippen molar-refractivity contribution in [1.82, 2.24) is 4.90 Å². The molecule has 0 aliphatic carbocycles. The summed E-state index contributed by atoms with van der Waals surface area (Å²) in [5, 5.41) is 2.09. The van der Waals surface area contributed by atoms with Gasteiger partial charge in [-0.05, 0) is 56.3 Å². The van der Waals surface area contributed by atoms with Crippen molar-refractivity contribution in [2.24, 2.45) is 4.99 Å². The van der Waals surface area contributed by atoms with E-state index < -0.39 is 11.7 Å². The van der Waals surface area contributed by atoms with E-state index in [1.807, 2.05) is 11.9 Å². The van der Waals surface area contributed by atoms with Crippen LogP contribution in [0, 0.1) is 0 Å². The van der Waals surface area contributed by atoms with E-state index in [2.05, 4.69) is 22.4 Å². The van der Waals surface area contributed by atoms with Crippen LogP contribution < -0.4 is 0 Å². The highest BCUT2D eigenvalue weighted by molar-refractivity contribution is 7.78. The van der Waals surface area contributed by atoms with Gasteiger partial charge in [0.05, 0.1) is 16.4 Å². The van der Waals surface area contributed by atoms with Gasteiger partial charge < -0.3 is 0 Å². The van der Waals surface area contributed by atoms with E-state index in [-0.39, 0.29) is 11.7 Å². The van der Waals surface area contributed by atoms with Gasteiger partial charge in [-0.2, -0.15) is 18.2 Å². The van der Waals surface area contributed by atoms with Crippen LogP contribution in [0.3, 0.4) is 0 Å². The molecule has 0 bridgehead atoms. The fraction of sp³-hybridized carbons (Fsp3) is 0.462. The highest BCUT2D eigenvalue weighted by Gasteiger charge is 2.37. The van der Waals surface area contributed by atoms with Gasteiger partial charge in [0, 0.05) is 6.04 Å². The maximum absolute atomic E-state index is 13.1. The number of aliphatic imine (C=N–C) groups is 1. The van der Waals surface area contributed by atoms with Gasteiger partial charge in [-0.3, -0.25) is 4.90 Å². The van der Waals surface area contributed by atoms with Crippen LogP contribution in [-0.2, 0) is 6.18 Å². The van der Waals surface area contributed by atoms with Crippen LogP contribution >= 0.6 is 12.2 Å². The molecule has 0 spiro atoms. The summed E-state index contributed by atoms with van der Waals surface area (Å²) in [4.78, 5) is 5.57.